The maximum Gasteiger partial charge on any atom is 0.235 e. The van der Waals surface area contributed by atoms with E-state index in [4.69, 9.17) is 11.6 Å². The highest BCUT2D eigenvalue weighted by atomic mass is 35.5. The summed E-state index contributed by atoms with van der Waals surface area (Å²) in [7, 11) is -1.64. The smallest absolute Gasteiger partial charge is 0.235 e. The molecule has 0 saturated heterocycles. The molecule has 0 unspecified atom stereocenters. The van der Waals surface area contributed by atoms with E-state index >= 15 is 0 Å². The van der Waals surface area contributed by atoms with Gasteiger partial charge in [0.15, 0.2) is 0 Å². The molecule has 1 aromatic heterocycles. The third-order valence-corrected chi connectivity index (χ3v) is 3.09. The molecule has 0 aliphatic heterocycles. The largest absolute Gasteiger partial charge is 0.319 e. The first-order valence-corrected chi connectivity index (χ1v) is 6.33. The van der Waals surface area contributed by atoms with Gasteiger partial charge in [-0.2, -0.15) is 0 Å². The lowest BCUT2D eigenvalue weighted by molar-refractivity contribution is 0.598. The van der Waals surface area contributed by atoms with E-state index in [0.29, 0.717) is 11.6 Å². The fourth-order valence-electron chi connectivity index (χ4n) is 0.883. The van der Waals surface area contributed by atoms with Gasteiger partial charge < -0.3 is 5.32 Å². The number of hydrogen-bond donors (Lipinski definition) is 2. The summed E-state index contributed by atoms with van der Waals surface area (Å²) in [6.07, 6.45) is 1.39. The molecule has 0 bridgehead atoms. The van der Waals surface area contributed by atoms with Gasteiger partial charge in [0.2, 0.25) is 10.0 Å². The molecule has 0 aliphatic carbocycles. The maximum atomic E-state index is 11.4. The van der Waals surface area contributed by atoms with E-state index in [1.54, 1.807) is 13.1 Å². The van der Waals surface area contributed by atoms with Gasteiger partial charge in [0.05, 0.1) is 10.8 Å². The molecule has 0 radical (unpaired) electrons. The van der Waals surface area contributed by atoms with Crippen molar-refractivity contribution >= 4 is 27.4 Å². The molecule has 0 fully saturated rings. The maximum absolute atomic E-state index is 11.4. The molecule has 5 nitrogen and oxygen atoms in total. The van der Waals surface area contributed by atoms with E-state index in [0.717, 1.165) is 0 Å². The van der Waals surface area contributed by atoms with Crippen molar-refractivity contribution in [2.75, 3.05) is 24.1 Å². The lowest BCUT2D eigenvalue weighted by Crippen LogP contribution is -2.24. The molecule has 7 heteroatoms. The number of halogens is 1. The summed E-state index contributed by atoms with van der Waals surface area (Å²) in [5.74, 6) is 0.281. The van der Waals surface area contributed by atoms with Crippen LogP contribution < -0.4 is 10.0 Å². The van der Waals surface area contributed by atoms with E-state index < -0.39 is 10.0 Å². The molecule has 0 atom stereocenters. The summed E-state index contributed by atoms with van der Waals surface area (Å²) in [5, 5.41) is 3.22. The van der Waals surface area contributed by atoms with Gasteiger partial charge in [-0.25, -0.2) is 13.4 Å². The van der Waals surface area contributed by atoms with E-state index in [1.165, 1.54) is 12.3 Å². The van der Waals surface area contributed by atoms with E-state index in [9.17, 15) is 8.42 Å². The highest BCUT2D eigenvalue weighted by molar-refractivity contribution is 7.92. The van der Waals surface area contributed by atoms with Crippen LogP contribution >= 0.6 is 11.6 Å². The topological polar surface area (TPSA) is 71.1 Å². The molecule has 0 aromatic carbocycles. The first-order chi connectivity index (χ1) is 7.03. The van der Waals surface area contributed by atoms with E-state index in [-0.39, 0.29) is 11.6 Å². The van der Waals surface area contributed by atoms with Crippen molar-refractivity contribution in [1.82, 2.24) is 10.3 Å². The molecule has 0 amide bonds. The Bertz CT molecular complexity index is 404. The monoisotopic (exact) mass is 249 g/mol. The van der Waals surface area contributed by atoms with Crippen LogP contribution in [0.4, 0.5) is 5.82 Å². The number of aromatic nitrogens is 1. The van der Waals surface area contributed by atoms with Gasteiger partial charge in [-0.15, -0.1) is 0 Å². The third kappa shape index (κ3) is 4.46. The minimum absolute atomic E-state index is 0.00774. The first kappa shape index (κ1) is 12.2. The number of anilines is 1. The van der Waals surface area contributed by atoms with E-state index in [1.807, 2.05) is 0 Å². The van der Waals surface area contributed by atoms with Crippen LogP contribution in [-0.4, -0.2) is 32.7 Å². The molecule has 1 rings (SSSR count). The zero-order chi connectivity index (χ0) is 11.3. The van der Waals surface area contributed by atoms with Crippen molar-refractivity contribution < 1.29 is 8.42 Å². The fourth-order valence-corrected chi connectivity index (χ4v) is 2.01. The number of nitrogens with one attached hydrogen (secondary N) is 2. The second-order valence-corrected chi connectivity index (χ2v) is 5.16. The summed E-state index contributed by atoms with van der Waals surface area (Å²) in [6.45, 7) is 0.392. The molecule has 84 valence electrons. The van der Waals surface area contributed by atoms with Gasteiger partial charge >= 0.3 is 0 Å². The average molecular weight is 250 g/mol. The first-order valence-electron chi connectivity index (χ1n) is 4.30. The zero-order valence-electron chi connectivity index (χ0n) is 8.20. The minimum Gasteiger partial charge on any atom is -0.319 e. The number of sulfonamides is 1. The Morgan fingerprint density at radius 1 is 1.47 bits per heavy atom. The summed E-state index contributed by atoms with van der Waals surface area (Å²) >= 11 is 5.62. The fraction of sp³-hybridized carbons (Fsp3) is 0.375. The molecule has 1 heterocycles. The summed E-state index contributed by atoms with van der Waals surface area (Å²) < 4.78 is 25.2. The Kier molecular flexibility index (Phi) is 4.31. The van der Waals surface area contributed by atoms with Crippen LogP contribution in [-0.2, 0) is 10.0 Å². The molecule has 0 spiro atoms. The number of nitrogens with zero attached hydrogens (tertiary/aromatic N) is 1. The normalized spacial score (nSPS) is 11.3. The summed E-state index contributed by atoms with van der Waals surface area (Å²) in [4.78, 5) is 3.83. The van der Waals surface area contributed by atoms with E-state index in [2.05, 4.69) is 15.0 Å². The summed E-state index contributed by atoms with van der Waals surface area (Å²) in [5.41, 5.74) is 0. The molecule has 15 heavy (non-hydrogen) atoms. The standard InChI is InChI=1S/C8H12ClN3O2S/c1-10-4-5-15(13,14)12-8-3-2-7(9)6-11-8/h2-3,6,10H,4-5H2,1H3,(H,11,12). The number of hydrogen-bond acceptors (Lipinski definition) is 4. The van der Waals surface area contributed by atoms with Gasteiger partial charge in [-0.1, -0.05) is 11.6 Å². The van der Waals surface area contributed by atoms with Gasteiger partial charge in [0.25, 0.3) is 0 Å². The SMILES string of the molecule is CNCCS(=O)(=O)Nc1ccc(Cl)cn1. The van der Waals surface area contributed by atoms with Crippen molar-refractivity contribution in [1.29, 1.82) is 0 Å². The average Bonchev–Trinajstić information content (AvgIpc) is 2.18. The van der Waals surface area contributed by atoms with Crippen molar-refractivity contribution in [3.05, 3.63) is 23.4 Å². The lowest BCUT2D eigenvalue weighted by atomic mass is 10.5. The van der Waals surface area contributed by atoms with Crippen LogP contribution in [0.15, 0.2) is 18.3 Å². The predicted octanol–water partition coefficient (Wildman–Crippen LogP) is 0.696. The number of pyridine rings is 1. The van der Waals surface area contributed by atoms with Crippen molar-refractivity contribution in [2.45, 2.75) is 0 Å². The van der Waals surface area contributed by atoms with Crippen molar-refractivity contribution in [2.24, 2.45) is 0 Å². The van der Waals surface area contributed by atoms with Crippen LogP contribution in [0, 0.1) is 0 Å². The quantitative estimate of drug-likeness (QED) is 0.806. The minimum atomic E-state index is -3.33. The molecular weight excluding hydrogens is 238 g/mol. The van der Waals surface area contributed by atoms with Crippen LogP contribution in [0.2, 0.25) is 5.02 Å². The lowest BCUT2D eigenvalue weighted by Gasteiger charge is -2.06. The van der Waals surface area contributed by atoms with Gasteiger partial charge in [0, 0.05) is 12.7 Å². The highest BCUT2D eigenvalue weighted by Gasteiger charge is 2.09. The molecule has 0 aliphatic rings. The van der Waals surface area contributed by atoms with Crippen molar-refractivity contribution in [3.63, 3.8) is 0 Å². The zero-order valence-corrected chi connectivity index (χ0v) is 9.77. The second-order valence-electron chi connectivity index (χ2n) is 2.89. The Hall–Kier alpha value is -0.850. The van der Waals surface area contributed by atoms with Gasteiger partial charge in [0.1, 0.15) is 5.82 Å². The number of rotatable bonds is 5. The Morgan fingerprint density at radius 2 is 2.20 bits per heavy atom. The molecule has 1 aromatic rings. The van der Waals surface area contributed by atoms with Gasteiger partial charge in [-0.05, 0) is 19.2 Å². The Morgan fingerprint density at radius 3 is 2.73 bits per heavy atom. The highest BCUT2D eigenvalue weighted by Crippen LogP contribution is 2.10. The van der Waals surface area contributed by atoms with Crippen molar-refractivity contribution in [3.8, 4) is 0 Å². The van der Waals surface area contributed by atoms with Crippen LogP contribution in [0.1, 0.15) is 0 Å². The molecule has 2 N–H and O–H groups in total. The predicted molar refractivity (Wildman–Crippen MR) is 60.6 cm³/mol. The second kappa shape index (κ2) is 5.29. The van der Waals surface area contributed by atoms with Crippen LogP contribution in [0.25, 0.3) is 0 Å². The van der Waals surface area contributed by atoms with Crippen LogP contribution in [0.5, 0.6) is 0 Å². The van der Waals surface area contributed by atoms with Gasteiger partial charge in [-0.3, -0.25) is 4.72 Å². The molecule has 0 saturated carbocycles. The summed E-state index contributed by atoms with van der Waals surface area (Å²) in [6, 6.07) is 3.09. The van der Waals surface area contributed by atoms with Crippen LogP contribution in [0.3, 0.4) is 0 Å². The third-order valence-electron chi connectivity index (χ3n) is 1.61. The Balaban J connectivity index is 2.65. The molecular formula is C8H12ClN3O2S. The Labute approximate surface area is 93.9 Å².